The Morgan fingerprint density at radius 3 is 2.83 bits per heavy atom. The number of hydrogen-bond acceptors (Lipinski definition) is 6. The Balaban J connectivity index is 2.15. The van der Waals surface area contributed by atoms with Crippen molar-refractivity contribution in [3.8, 4) is 0 Å². The van der Waals surface area contributed by atoms with Gasteiger partial charge in [0.05, 0.1) is 17.4 Å². The van der Waals surface area contributed by atoms with Gasteiger partial charge in [0.25, 0.3) is 11.6 Å². The molecule has 0 aromatic carbocycles. The van der Waals surface area contributed by atoms with E-state index < -0.39 is 11.0 Å². The molecule has 1 aliphatic heterocycles. The summed E-state index contributed by atoms with van der Waals surface area (Å²) in [6.45, 7) is 0. The Bertz CT molecular complexity index is 530. The Hall–Kier alpha value is -2.51. The van der Waals surface area contributed by atoms with Crippen molar-refractivity contribution in [1.29, 1.82) is 0 Å². The number of likely N-dealkylation sites (tertiary alicyclic amines) is 1. The van der Waals surface area contributed by atoms with Crippen LogP contribution in [0.3, 0.4) is 0 Å². The maximum absolute atomic E-state index is 11.6. The highest BCUT2D eigenvalue weighted by Crippen LogP contribution is 2.19. The Labute approximate surface area is 102 Å². The third kappa shape index (κ3) is 2.12. The predicted molar refractivity (Wildman–Crippen MR) is 60.7 cm³/mol. The molecule has 1 saturated heterocycles. The van der Waals surface area contributed by atoms with Crippen molar-refractivity contribution in [2.24, 2.45) is 0 Å². The van der Waals surface area contributed by atoms with Gasteiger partial charge in [-0.1, -0.05) is 0 Å². The zero-order valence-electron chi connectivity index (χ0n) is 9.49. The van der Waals surface area contributed by atoms with Crippen LogP contribution in [0.1, 0.15) is 6.42 Å². The first-order valence-electron chi connectivity index (χ1n) is 5.16. The van der Waals surface area contributed by atoms with E-state index in [1.165, 1.54) is 25.4 Å². The van der Waals surface area contributed by atoms with Gasteiger partial charge >= 0.3 is 0 Å². The summed E-state index contributed by atoms with van der Waals surface area (Å²) < 4.78 is 0. The van der Waals surface area contributed by atoms with E-state index in [-0.39, 0.29) is 29.7 Å². The third-order valence-corrected chi connectivity index (χ3v) is 2.66. The molecule has 1 aliphatic rings. The normalized spacial score (nSPS) is 19.2. The minimum absolute atomic E-state index is 0.0275. The first kappa shape index (κ1) is 12.0. The molecular formula is C10H10N4O4. The van der Waals surface area contributed by atoms with E-state index in [9.17, 15) is 19.7 Å². The van der Waals surface area contributed by atoms with Gasteiger partial charge in [0.1, 0.15) is 11.9 Å². The number of amides is 2. The molecule has 8 nitrogen and oxygen atoms in total. The molecule has 0 saturated carbocycles. The standard InChI is InChI=1S/C10H10N4O4/c1-13-9(15)5-7(10(13)16)12-8-4-6(14(17)18)2-3-11-8/h2-4,7H,5H2,1H3,(H,11,12). The van der Waals surface area contributed by atoms with E-state index in [1.54, 1.807) is 0 Å². The minimum Gasteiger partial charge on any atom is -0.358 e. The lowest BCUT2D eigenvalue weighted by Crippen LogP contribution is -2.32. The monoisotopic (exact) mass is 250 g/mol. The number of nitrogens with zero attached hydrogens (tertiary/aromatic N) is 3. The number of likely N-dealkylation sites (N-methyl/N-ethyl adjacent to an activating group) is 1. The molecule has 0 spiro atoms. The van der Waals surface area contributed by atoms with Gasteiger partial charge < -0.3 is 5.32 Å². The van der Waals surface area contributed by atoms with E-state index >= 15 is 0 Å². The van der Waals surface area contributed by atoms with Crippen LogP contribution in [0.5, 0.6) is 0 Å². The van der Waals surface area contributed by atoms with Gasteiger partial charge in [-0.15, -0.1) is 0 Å². The number of nitrogens with one attached hydrogen (secondary N) is 1. The fraction of sp³-hybridized carbons (Fsp3) is 0.300. The molecule has 18 heavy (non-hydrogen) atoms. The van der Waals surface area contributed by atoms with Crippen LogP contribution in [0, 0.1) is 10.1 Å². The highest BCUT2D eigenvalue weighted by atomic mass is 16.6. The van der Waals surface area contributed by atoms with E-state index in [0.29, 0.717) is 0 Å². The number of carbonyl (C=O) groups excluding carboxylic acids is 2. The maximum atomic E-state index is 11.6. The SMILES string of the molecule is CN1C(=O)CC(Nc2cc([N+](=O)[O-])ccn2)C1=O. The van der Waals surface area contributed by atoms with E-state index in [1.807, 2.05) is 0 Å². The van der Waals surface area contributed by atoms with Crippen molar-refractivity contribution < 1.29 is 14.5 Å². The number of pyridine rings is 1. The van der Waals surface area contributed by atoms with Crippen molar-refractivity contribution in [3.63, 3.8) is 0 Å². The number of rotatable bonds is 3. The molecule has 2 amide bonds. The number of hydrogen-bond donors (Lipinski definition) is 1. The lowest BCUT2D eigenvalue weighted by atomic mass is 10.2. The topological polar surface area (TPSA) is 105 Å². The van der Waals surface area contributed by atoms with Gasteiger partial charge in [-0.25, -0.2) is 4.98 Å². The van der Waals surface area contributed by atoms with Crippen molar-refractivity contribution in [3.05, 3.63) is 28.4 Å². The lowest BCUT2D eigenvalue weighted by molar-refractivity contribution is -0.384. The molecule has 1 aromatic heterocycles. The van der Waals surface area contributed by atoms with Crippen LogP contribution in [0.2, 0.25) is 0 Å². The molecule has 94 valence electrons. The summed E-state index contributed by atoms with van der Waals surface area (Å²) in [5.41, 5.74) is -0.127. The summed E-state index contributed by atoms with van der Waals surface area (Å²) in [6, 6.07) is 1.76. The lowest BCUT2D eigenvalue weighted by Gasteiger charge is -2.11. The van der Waals surface area contributed by atoms with Crippen LogP contribution < -0.4 is 5.32 Å². The molecule has 2 rings (SSSR count). The van der Waals surface area contributed by atoms with Gasteiger partial charge in [-0.3, -0.25) is 24.6 Å². The molecule has 1 fully saturated rings. The summed E-state index contributed by atoms with van der Waals surface area (Å²) in [5, 5.41) is 13.3. The van der Waals surface area contributed by atoms with Crippen LogP contribution in [0.4, 0.5) is 11.5 Å². The number of imide groups is 1. The number of anilines is 1. The predicted octanol–water partition coefficient (Wildman–Crippen LogP) is 0.159. The average Bonchev–Trinajstić information content (AvgIpc) is 2.57. The molecule has 1 N–H and O–H groups in total. The van der Waals surface area contributed by atoms with E-state index in [2.05, 4.69) is 10.3 Å². The zero-order valence-corrected chi connectivity index (χ0v) is 9.49. The fourth-order valence-electron chi connectivity index (χ4n) is 1.66. The van der Waals surface area contributed by atoms with Crippen LogP contribution in [0.15, 0.2) is 18.3 Å². The van der Waals surface area contributed by atoms with E-state index in [0.717, 1.165) is 4.90 Å². The van der Waals surface area contributed by atoms with Crippen molar-refractivity contribution in [2.75, 3.05) is 12.4 Å². The number of carbonyl (C=O) groups is 2. The molecule has 1 unspecified atom stereocenters. The second-order valence-electron chi connectivity index (χ2n) is 3.85. The van der Waals surface area contributed by atoms with Crippen LogP contribution in [-0.4, -0.2) is 39.7 Å². The first-order valence-corrected chi connectivity index (χ1v) is 5.16. The summed E-state index contributed by atoms with van der Waals surface area (Å²) >= 11 is 0. The summed E-state index contributed by atoms with van der Waals surface area (Å²) in [5.74, 6) is -0.457. The van der Waals surface area contributed by atoms with Crippen LogP contribution in [0.25, 0.3) is 0 Å². The molecule has 1 aromatic rings. The van der Waals surface area contributed by atoms with E-state index in [4.69, 9.17) is 0 Å². The Kier molecular flexibility index (Phi) is 2.92. The summed E-state index contributed by atoms with van der Waals surface area (Å²) in [6.07, 6.45) is 1.30. The van der Waals surface area contributed by atoms with Gasteiger partial charge in [0, 0.05) is 19.3 Å². The second-order valence-corrected chi connectivity index (χ2v) is 3.85. The average molecular weight is 250 g/mol. The number of nitro groups is 1. The molecule has 1 atom stereocenters. The molecule has 0 bridgehead atoms. The highest BCUT2D eigenvalue weighted by molar-refractivity contribution is 6.06. The largest absolute Gasteiger partial charge is 0.358 e. The Morgan fingerprint density at radius 2 is 2.28 bits per heavy atom. The van der Waals surface area contributed by atoms with Crippen LogP contribution in [-0.2, 0) is 9.59 Å². The van der Waals surface area contributed by atoms with Crippen LogP contribution >= 0.6 is 0 Å². The third-order valence-electron chi connectivity index (χ3n) is 2.66. The minimum atomic E-state index is -0.711. The summed E-state index contributed by atoms with van der Waals surface area (Å²) in [4.78, 5) is 37.8. The van der Waals surface area contributed by atoms with Gasteiger partial charge in [-0.2, -0.15) is 0 Å². The molecular weight excluding hydrogens is 240 g/mol. The van der Waals surface area contributed by atoms with Gasteiger partial charge in [0.2, 0.25) is 5.91 Å². The molecule has 0 aliphatic carbocycles. The van der Waals surface area contributed by atoms with Crippen molar-refractivity contribution in [1.82, 2.24) is 9.88 Å². The number of aromatic nitrogens is 1. The maximum Gasteiger partial charge on any atom is 0.274 e. The second kappa shape index (κ2) is 4.40. The van der Waals surface area contributed by atoms with Gasteiger partial charge in [-0.05, 0) is 0 Å². The fourth-order valence-corrected chi connectivity index (χ4v) is 1.66. The van der Waals surface area contributed by atoms with Crippen molar-refractivity contribution in [2.45, 2.75) is 12.5 Å². The Morgan fingerprint density at radius 1 is 1.56 bits per heavy atom. The molecule has 0 radical (unpaired) electrons. The first-order chi connectivity index (χ1) is 8.49. The quantitative estimate of drug-likeness (QED) is 0.465. The molecule has 2 heterocycles. The smallest absolute Gasteiger partial charge is 0.274 e. The summed E-state index contributed by atoms with van der Waals surface area (Å²) in [7, 11) is 1.40. The highest BCUT2D eigenvalue weighted by Gasteiger charge is 2.36. The zero-order chi connectivity index (χ0) is 13.3. The van der Waals surface area contributed by atoms with Gasteiger partial charge in [0.15, 0.2) is 0 Å². The van der Waals surface area contributed by atoms with Crippen molar-refractivity contribution >= 4 is 23.3 Å². The molecule has 8 heteroatoms.